The highest BCUT2D eigenvalue weighted by molar-refractivity contribution is 7.12. The molecule has 3 nitrogen and oxygen atoms in total. The van der Waals surface area contributed by atoms with Crippen LogP contribution in [0, 0.1) is 5.92 Å². The zero-order valence-corrected chi connectivity index (χ0v) is 16.2. The predicted molar refractivity (Wildman–Crippen MR) is 103 cm³/mol. The highest BCUT2D eigenvalue weighted by Gasteiger charge is 2.35. The minimum absolute atomic E-state index is 0.253. The molecule has 3 heterocycles. The first-order valence-electron chi connectivity index (χ1n) is 9.34. The lowest BCUT2D eigenvalue weighted by atomic mass is 9.86. The third-order valence-electron chi connectivity index (χ3n) is 5.88. The second kappa shape index (κ2) is 6.65. The number of hydrogen-bond donors (Lipinski definition) is 1. The molecule has 0 radical (unpaired) electrons. The number of rotatable bonds is 4. The van der Waals surface area contributed by atoms with E-state index >= 15 is 0 Å². The molecule has 1 aromatic heterocycles. The first kappa shape index (κ1) is 16.9. The molecule has 25 heavy (non-hydrogen) atoms. The SMILES string of the molecule is CCC(C)Cc1cc2c(s1)CCN1Cc3c(ccc(O)c3OC)C[C@@H]21. The molecule has 1 N–H and O–H groups in total. The molecule has 0 spiro atoms. The van der Waals surface area contributed by atoms with Crippen molar-refractivity contribution in [3.63, 3.8) is 0 Å². The summed E-state index contributed by atoms with van der Waals surface area (Å²) in [7, 11) is 1.65. The van der Waals surface area contributed by atoms with Crippen LogP contribution in [0.4, 0.5) is 0 Å². The van der Waals surface area contributed by atoms with Crippen LogP contribution >= 0.6 is 11.3 Å². The van der Waals surface area contributed by atoms with Gasteiger partial charge in [0.25, 0.3) is 0 Å². The van der Waals surface area contributed by atoms with Crippen molar-refractivity contribution in [2.75, 3.05) is 13.7 Å². The van der Waals surface area contributed by atoms with E-state index in [-0.39, 0.29) is 5.75 Å². The summed E-state index contributed by atoms with van der Waals surface area (Å²) >= 11 is 2.03. The molecule has 0 aliphatic carbocycles. The number of nitrogens with zero attached hydrogens (tertiary/aromatic N) is 1. The molecular formula is C21H27NO2S. The summed E-state index contributed by atoms with van der Waals surface area (Å²) in [5, 5.41) is 10.1. The normalized spacial score (nSPS) is 20.5. The van der Waals surface area contributed by atoms with E-state index in [0.29, 0.717) is 11.8 Å². The third kappa shape index (κ3) is 2.96. The van der Waals surface area contributed by atoms with E-state index in [1.165, 1.54) is 18.4 Å². The van der Waals surface area contributed by atoms with Gasteiger partial charge in [-0.2, -0.15) is 0 Å². The number of benzene rings is 1. The van der Waals surface area contributed by atoms with Crippen LogP contribution in [0.1, 0.15) is 52.8 Å². The van der Waals surface area contributed by atoms with Crippen LogP contribution in [-0.4, -0.2) is 23.7 Å². The highest BCUT2D eigenvalue weighted by atomic mass is 32.1. The Morgan fingerprint density at radius 2 is 2.24 bits per heavy atom. The number of hydrogen-bond acceptors (Lipinski definition) is 4. The summed E-state index contributed by atoms with van der Waals surface area (Å²) in [5.74, 6) is 1.67. The standard InChI is InChI=1S/C21H27NO2S/c1-4-13(2)9-15-11-16-18-10-14-5-6-19(23)21(24-3)17(14)12-22(18)8-7-20(16)25-15/h5-6,11,13,18,23H,4,7-10,12H2,1-3H3/t13?,18-/m0/s1. The highest BCUT2D eigenvalue weighted by Crippen LogP contribution is 2.45. The van der Waals surface area contributed by atoms with Crippen LogP contribution in [0.25, 0.3) is 0 Å². The fourth-order valence-corrected chi connectivity index (χ4v) is 5.63. The molecular weight excluding hydrogens is 330 g/mol. The average Bonchev–Trinajstić information content (AvgIpc) is 3.03. The zero-order valence-electron chi connectivity index (χ0n) is 15.3. The quantitative estimate of drug-likeness (QED) is 0.860. The third-order valence-corrected chi connectivity index (χ3v) is 7.11. The van der Waals surface area contributed by atoms with Gasteiger partial charge in [0.15, 0.2) is 11.5 Å². The topological polar surface area (TPSA) is 32.7 Å². The molecule has 2 aromatic rings. The maximum absolute atomic E-state index is 10.1. The van der Waals surface area contributed by atoms with Crippen molar-refractivity contribution in [2.45, 2.75) is 52.1 Å². The van der Waals surface area contributed by atoms with Gasteiger partial charge in [-0.3, -0.25) is 4.90 Å². The van der Waals surface area contributed by atoms with Gasteiger partial charge >= 0.3 is 0 Å². The molecule has 0 saturated heterocycles. The van der Waals surface area contributed by atoms with Gasteiger partial charge < -0.3 is 9.84 Å². The van der Waals surface area contributed by atoms with Crippen LogP contribution < -0.4 is 4.74 Å². The van der Waals surface area contributed by atoms with Crippen molar-refractivity contribution in [1.29, 1.82) is 0 Å². The summed E-state index contributed by atoms with van der Waals surface area (Å²) < 4.78 is 5.48. The van der Waals surface area contributed by atoms with Gasteiger partial charge in [0, 0.05) is 34.4 Å². The van der Waals surface area contributed by atoms with E-state index in [4.69, 9.17) is 4.74 Å². The summed E-state index contributed by atoms with van der Waals surface area (Å²) in [6, 6.07) is 6.81. The fraction of sp³-hybridized carbons (Fsp3) is 0.524. The maximum atomic E-state index is 10.1. The van der Waals surface area contributed by atoms with Crippen LogP contribution in [0.5, 0.6) is 11.5 Å². The van der Waals surface area contributed by atoms with E-state index in [0.717, 1.165) is 37.4 Å². The minimum atomic E-state index is 0.253. The molecule has 0 saturated carbocycles. The molecule has 0 fully saturated rings. The van der Waals surface area contributed by atoms with Crippen molar-refractivity contribution >= 4 is 11.3 Å². The molecule has 1 aromatic carbocycles. The molecule has 2 atom stereocenters. The first-order valence-corrected chi connectivity index (χ1v) is 10.2. The minimum Gasteiger partial charge on any atom is -0.504 e. The summed E-state index contributed by atoms with van der Waals surface area (Å²) in [4.78, 5) is 5.70. The summed E-state index contributed by atoms with van der Waals surface area (Å²) in [6.45, 7) is 6.59. The smallest absolute Gasteiger partial charge is 0.165 e. The largest absolute Gasteiger partial charge is 0.504 e. The lowest BCUT2D eigenvalue weighted by Gasteiger charge is -2.40. The molecule has 4 rings (SSSR count). The Morgan fingerprint density at radius 3 is 3.00 bits per heavy atom. The molecule has 0 bridgehead atoms. The Morgan fingerprint density at radius 1 is 1.40 bits per heavy atom. The predicted octanol–water partition coefficient (Wildman–Crippen LogP) is 4.71. The maximum Gasteiger partial charge on any atom is 0.165 e. The number of phenols is 1. The van der Waals surface area contributed by atoms with Gasteiger partial charge in [0.1, 0.15) is 0 Å². The Labute approximate surface area is 154 Å². The molecule has 2 aliphatic rings. The van der Waals surface area contributed by atoms with Crippen molar-refractivity contribution in [2.24, 2.45) is 5.92 Å². The number of aromatic hydroxyl groups is 1. The Hall–Kier alpha value is -1.52. The average molecular weight is 358 g/mol. The number of methoxy groups -OCH3 is 1. The van der Waals surface area contributed by atoms with E-state index in [1.807, 2.05) is 11.3 Å². The summed E-state index contributed by atoms with van der Waals surface area (Å²) in [5.41, 5.74) is 4.03. The second-order valence-corrected chi connectivity index (χ2v) is 8.73. The van der Waals surface area contributed by atoms with Gasteiger partial charge in [0.05, 0.1) is 7.11 Å². The lowest BCUT2D eigenvalue weighted by molar-refractivity contribution is 0.159. The second-order valence-electron chi connectivity index (χ2n) is 7.50. The summed E-state index contributed by atoms with van der Waals surface area (Å²) in [6.07, 6.45) is 4.61. The molecule has 134 valence electrons. The van der Waals surface area contributed by atoms with Crippen LogP contribution in [0.15, 0.2) is 18.2 Å². The van der Waals surface area contributed by atoms with Crippen LogP contribution in [0.3, 0.4) is 0 Å². The van der Waals surface area contributed by atoms with Gasteiger partial charge in [-0.25, -0.2) is 0 Å². The Kier molecular flexibility index (Phi) is 4.50. The zero-order chi connectivity index (χ0) is 17.6. The molecule has 4 heteroatoms. The molecule has 2 aliphatic heterocycles. The number of phenolic OH excluding ortho intramolecular Hbond substituents is 1. The molecule has 0 amide bonds. The number of fused-ring (bicyclic) bond motifs is 4. The first-order chi connectivity index (χ1) is 12.1. The molecule has 1 unspecified atom stereocenters. The Balaban J connectivity index is 1.66. The number of ether oxygens (including phenoxy) is 1. The van der Waals surface area contributed by atoms with Crippen molar-refractivity contribution in [3.05, 3.63) is 44.6 Å². The number of thiophene rings is 1. The fourth-order valence-electron chi connectivity index (χ4n) is 4.25. The van der Waals surface area contributed by atoms with Crippen LogP contribution in [0.2, 0.25) is 0 Å². The van der Waals surface area contributed by atoms with Crippen molar-refractivity contribution in [1.82, 2.24) is 4.90 Å². The van der Waals surface area contributed by atoms with E-state index in [1.54, 1.807) is 28.5 Å². The monoisotopic (exact) mass is 357 g/mol. The van der Waals surface area contributed by atoms with Crippen LogP contribution in [-0.2, 0) is 25.8 Å². The van der Waals surface area contributed by atoms with E-state index in [2.05, 4.69) is 30.9 Å². The van der Waals surface area contributed by atoms with E-state index < -0.39 is 0 Å². The van der Waals surface area contributed by atoms with E-state index in [9.17, 15) is 5.11 Å². The van der Waals surface area contributed by atoms with Gasteiger partial charge in [-0.05, 0) is 48.4 Å². The van der Waals surface area contributed by atoms with Gasteiger partial charge in [0.2, 0.25) is 0 Å². The van der Waals surface area contributed by atoms with Crippen molar-refractivity contribution in [3.8, 4) is 11.5 Å². The lowest BCUT2D eigenvalue weighted by Crippen LogP contribution is -2.38. The van der Waals surface area contributed by atoms with Gasteiger partial charge in [-0.15, -0.1) is 11.3 Å². The van der Waals surface area contributed by atoms with Gasteiger partial charge in [-0.1, -0.05) is 26.3 Å². The Bertz CT molecular complexity index is 782. The van der Waals surface area contributed by atoms with Crippen molar-refractivity contribution < 1.29 is 9.84 Å².